The summed E-state index contributed by atoms with van der Waals surface area (Å²) in [6.45, 7) is 0.199. The van der Waals surface area contributed by atoms with Crippen LogP contribution in [0.4, 0.5) is 36.8 Å². The Morgan fingerprint density at radius 1 is 1.06 bits per heavy atom. The number of amides is 2. The zero-order valence-corrected chi connectivity index (χ0v) is 19.3. The topological polar surface area (TPSA) is 65.5 Å². The number of rotatable bonds is 3. The first-order valence-electron chi connectivity index (χ1n) is 11.0. The molecule has 1 aliphatic heterocycles. The number of nitrogens with zero attached hydrogens (tertiary/aromatic N) is 2. The van der Waals surface area contributed by atoms with Crippen molar-refractivity contribution in [3.8, 4) is 0 Å². The third-order valence-electron chi connectivity index (χ3n) is 6.06. The van der Waals surface area contributed by atoms with E-state index in [0.717, 1.165) is 6.07 Å². The molecule has 1 aliphatic rings. The summed E-state index contributed by atoms with van der Waals surface area (Å²) < 4.78 is 81.5. The molecular weight excluding hydrogens is 512 g/mol. The first-order valence-corrected chi connectivity index (χ1v) is 11.3. The third-order valence-corrected chi connectivity index (χ3v) is 6.31. The predicted molar refractivity (Wildman–Crippen MR) is 122 cm³/mol. The lowest BCUT2D eigenvalue weighted by Gasteiger charge is -2.39. The van der Waals surface area contributed by atoms with Gasteiger partial charge >= 0.3 is 18.4 Å². The van der Waals surface area contributed by atoms with Crippen LogP contribution >= 0.6 is 11.6 Å². The fourth-order valence-electron chi connectivity index (χ4n) is 4.37. The number of aromatic nitrogens is 1. The van der Waals surface area contributed by atoms with Gasteiger partial charge in [-0.2, -0.15) is 26.3 Å². The van der Waals surface area contributed by atoms with Crippen LogP contribution in [0.5, 0.6) is 0 Å². The smallest absolute Gasteiger partial charge is 0.386 e. The molecule has 0 unspecified atom stereocenters. The molecule has 4 rings (SSSR count). The van der Waals surface area contributed by atoms with E-state index in [0.29, 0.717) is 35.7 Å². The Hall–Kier alpha value is -3.05. The van der Waals surface area contributed by atoms with Crippen molar-refractivity contribution in [2.24, 2.45) is 0 Å². The van der Waals surface area contributed by atoms with Crippen molar-refractivity contribution in [1.82, 2.24) is 9.88 Å². The molecule has 2 aromatic carbocycles. The number of piperidine rings is 1. The molecule has 3 aromatic rings. The van der Waals surface area contributed by atoms with Crippen molar-refractivity contribution in [1.29, 1.82) is 0 Å². The van der Waals surface area contributed by atoms with Crippen molar-refractivity contribution in [3.05, 3.63) is 70.4 Å². The van der Waals surface area contributed by atoms with Crippen molar-refractivity contribution < 1.29 is 36.2 Å². The highest BCUT2D eigenvalue weighted by atomic mass is 35.5. The van der Waals surface area contributed by atoms with Gasteiger partial charge in [0.1, 0.15) is 11.8 Å². The van der Waals surface area contributed by atoms with Crippen LogP contribution < -0.4 is 5.32 Å². The molecular formula is C24H20ClF6N3O2. The Labute approximate surface area is 206 Å². The molecule has 2 N–H and O–H groups in total. The normalized spacial score (nSPS) is 17.8. The van der Waals surface area contributed by atoms with Crippen LogP contribution in [0, 0.1) is 0 Å². The minimum atomic E-state index is -5.06. The molecule has 192 valence electrons. The van der Waals surface area contributed by atoms with E-state index >= 15 is 0 Å². The monoisotopic (exact) mass is 531 g/mol. The number of halogens is 7. The highest BCUT2D eigenvalue weighted by Crippen LogP contribution is 2.40. The predicted octanol–water partition coefficient (Wildman–Crippen LogP) is 7.05. The Bertz CT molecular complexity index is 1260. The zero-order chi connectivity index (χ0) is 26.3. The van der Waals surface area contributed by atoms with Gasteiger partial charge in [-0.05, 0) is 61.2 Å². The molecule has 0 saturated carbocycles. The molecule has 1 saturated heterocycles. The number of carbonyl (C=O) groups excluding carboxylic acids is 1. The van der Waals surface area contributed by atoms with Gasteiger partial charge in [0.25, 0.3) is 0 Å². The third kappa shape index (κ3) is 5.36. The molecule has 0 bridgehead atoms. The number of fused-ring (bicyclic) bond motifs is 1. The molecule has 0 spiro atoms. The van der Waals surface area contributed by atoms with Crippen molar-refractivity contribution in [3.63, 3.8) is 0 Å². The first-order chi connectivity index (χ1) is 16.9. The van der Waals surface area contributed by atoms with Gasteiger partial charge in [0.05, 0.1) is 17.1 Å². The highest BCUT2D eigenvalue weighted by Gasteiger charge is 2.40. The molecule has 2 heterocycles. The van der Waals surface area contributed by atoms with Crippen molar-refractivity contribution >= 4 is 34.2 Å². The quantitative estimate of drug-likeness (QED) is 0.356. The van der Waals surface area contributed by atoms with E-state index in [9.17, 15) is 36.2 Å². The Kier molecular flexibility index (Phi) is 7.07. The van der Waals surface area contributed by atoms with Crippen LogP contribution in [-0.4, -0.2) is 33.6 Å². The van der Waals surface area contributed by atoms with Crippen LogP contribution in [0.2, 0.25) is 5.02 Å². The van der Waals surface area contributed by atoms with Gasteiger partial charge < -0.3 is 15.3 Å². The van der Waals surface area contributed by atoms with Crippen LogP contribution in [0.1, 0.15) is 42.2 Å². The lowest BCUT2D eigenvalue weighted by Crippen LogP contribution is -2.48. The molecule has 0 aliphatic carbocycles. The molecule has 12 heteroatoms. The van der Waals surface area contributed by atoms with E-state index in [-0.39, 0.29) is 23.9 Å². The second-order valence-corrected chi connectivity index (χ2v) is 8.87. The molecule has 0 radical (unpaired) electrons. The lowest BCUT2D eigenvalue weighted by atomic mass is 9.90. The van der Waals surface area contributed by atoms with E-state index in [2.05, 4.69) is 10.3 Å². The van der Waals surface area contributed by atoms with Gasteiger partial charge in [0.15, 0.2) is 0 Å². The largest absolute Gasteiger partial charge is 0.433 e. The number of likely N-dealkylation sites (tertiary alicyclic amines) is 1. The number of anilines is 1. The van der Waals surface area contributed by atoms with E-state index in [1.165, 1.54) is 11.0 Å². The molecule has 2 amide bonds. The minimum absolute atomic E-state index is 0.199. The summed E-state index contributed by atoms with van der Waals surface area (Å²) in [5.74, 6) is 0. The van der Waals surface area contributed by atoms with Crippen LogP contribution in [0.25, 0.3) is 10.9 Å². The van der Waals surface area contributed by atoms with Crippen molar-refractivity contribution in [2.75, 3.05) is 11.9 Å². The number of carbonyl (C=O) groups is 1. The number of pyridine rings is 1. The maximum absolute atomic E-state index is 13.6. The summed E-state index contributed by atoms with van der Waals surface area (Å²) >= 11 is 5.85. The maximum Gasteiger partial charge on any atom is 0.433 e. The van der Waals surface area contributed by atoms with Gasteiger partial charge in [0, 0.05) is 22.6 Å². The number of aliphatic hydroxyl groups is 1. The number of aliphatic hydroxyl groups excluding tert-OH is 1. The van der Waals surface area contributed by atoms with Crippen LogP contribution in [0.3, 0.4) is 0 Å². The Balaban J connectivity index is 1.76. The maximum atomic E-state index is 13.6. The van der Waals surface area contributed by atoms with Gasteiger partial charge in [-0.15, -0.1) is 0 Å². The number of nitrogens with one attached hydrogen (secondary N) is 1. The first kappa shape index (κ1) is 26.0. The highest BCUT2D eigenvalue weighted by molar-refractivity contribution is 6.30. The zero-order valence-electron chi connectivity index (χ0n) is 18.5. The van der Waals surface area contributed by atoms with Gasteiger partial charge in [-0.3, -0.25) is 0 Å². The molecule has 1 fully saturated rings. The van der Waals surface area contributed by atoms with Gasteiger partial charge in [0.2, 0.25) is 0 Å². The minimum Gasteiger partial charge on any atom is -0.386 e. The summed E-state index contributed by atoms with van der Waals surface area (Å²) in [7, 11) is 0. The van der Waals surface area contributed by atoms with E-state index < -0.39 is 47.3 Å². The summed E-state index contributed by atoms with van der Waals surface area (Å²) in [4.78, 5) is 17.5. The number of para-hydroxylation sites is 1. The number of hydrogen-bond donors (Lipinski definition) is 2. The fourth-order valence-corrected chi connectivity index (χ4v) is 4.49. The number of urea groups is 1. The van der Waals surface area contributed by atoms with Gasteiger partial charge in [-0.1, -0.05) is 23.7 Å². The second-order valence-electron chi connectivity index (χ2n) is 8.43. The average molecular weight is 532 g/mol. The van der Waals surface area contributed by atoms with E-state index in [1.807, 2.05) is 0 Å². The summed E-state index contributed by atoms with van der Waals surface area (Å²) in [6.07, 6.45) is -10.3. The Morgan fingerprint density at radius 3 is 2.39 bits per heavy atom. The molecule has 36 heavy (non-hydrogen) atoms. The van der Waals surface area contributed by atoms with Crippen molar-refractivity contribution in [2.45, 2.75) is 43.8 Å². The molecule has 2 atom stereocenters. The SMILES string of the molecule is O=C(Nc1ccc(Cl)cc1)N1CCCC[C@H]1[C@@H](O)c1cc(C(F)(F)F)nc2c(C(F)(F)F)cccc12. The van der Waals surface area contributed by atoms with Crippen LogP contribution in [0.15, 0.2) is 48.5 Å². The number of alkyl halides is 6. The van der Waals surface area contributed by atoms with E-state index in [4.69, 9.17) is 11.6 Å². The number of hydrogen-bond acceptors (Lipinski definition) is 3. The second kappa shape index (κ2) is 9.78. The van der Waals surface area contributed by atoms with Crippen LogP contribution in [-0.2, 0) is 12.4 Å². The average Bonchev–Trinajstić information content (AvgIpc) is 2.82. The standard InChI is InChI=1S/C24H20ClF6N3O2/c25-13-7-9-14(10-8-13)32-22(36)34-11-2-1-6-18(34)21(35)16-12-19(24(29,30)31)33-20-15(16)4-3-5-17(20)23(26,27)28/h3-5,7-10,12,18,21,35H,1-2,6,11H2,(H,32,36)/t18-,21-/m0/s1. The lowest BCUT2D eigenvalue weighted by molar-refractivity contribution is -0.142. The number of benzene rings is 2. The van der Waals surface area contributed by atoms with E-state index in [1.54, 1.807) is 24.3 Å². The Morgan fingerprint density at radius 2 is 1.75 bits per heavy atom. The molecule has 5 nitrogen and oxygen atoms in total. The van der Waals surface area contributed by atoms with Gasteiger partial charge in [-0.25, -0.2) is 9.78 Å². The summed E-state index contributed by atoms with van der Waals surface area (Å²) in [6, 6.07) is 8.05. The fraction of sp³-hybridized carbons (Fsp3) is 0.333. The summed E-state index contributed by atoms with van der Waals surface area (Å²) in [5.41, 5.74) is -3.79. The molecule has 1 aromatic heterocycles. The summed E-state index contributed by atoms with van der Waals surface area (Å²) in [5, 5.41) is 14.1.